The van der Waals surface area contributed by atoms with Gasteiger partial charge >= 0.3 is 0 Å². The SMILES string of the molecule is C=C(C)CN(CC)C(=O)CSc1nc2cc(S(=O)(=O)Nc3ccccc3OC)ccc2o1. The van der Waals surface area contributed by atoms with Crippen LogP contribution in [0.1, 0.15) is 13.8 Å². The number of likely N-dealkylation sites (N-methyl/N-ethyl adjacent to an activating group) is 1. The number of methoxy groups -OCH3 is 1. The van der Waals surface area contributed by atoms with Gasteiger partial charge in [-0.15, -0.1) is 0 Å². The van der Waals surface area contributed by atoms with E-state index in [9.17, 15) is 13.2 Å². The lowest BCUT2D eigenvalue weighted by molar-refractivity contribution is -0.127. The molecule has 0 saturated heterocycles. The molecular weight excluding hydrogens is 450 g/mol. The van der Waals surface area contributed by atoms with Crippen molar-refractivity contribution in [3.05, 3.63) is 54.6 Å². The lowest BCUT2D eigenvalue weighted by atomic mass is 10.3. The van der Waals surface area contributed by atoms with Crippen molar-refractivity contribution in [3.63, 3.8) is 0 Å². The number of carbonyl (C=O) groups excluding carboxylic acids is 1. The van der Waals surface area contributed by atoms with Gasteiger partial charge in [0.2, 0.25) is 5.91 Å². The molecule has 32 heavy (non-hydrogen) atoms. The van der Waals surface area contributed by atoms with Gasteiger partial charge in [-0.3, -0.25) is 9.52 Å². The molecule has 10 heteroatoms. The molecule has 0 aliphatic rings. The van der Waals surface area contributed by atoms with Gasteiger partial charge in [-0.25, -0.2) is 13.4 Å². The van der Waals surface area contributed by atoms with Gasteiger partial charge in [0.1, 0.15) is 11.3 Å². The number of hydrogen-bond donors (Lipinski definition) is 1. The summed E-state index contributed by atoms with van der Waals surface area (Å²) >= 11 is 1.17. The highest BCUT2D eigenvalue weighted by Gasteiger charge is 2.19. The number of nitrogens with one attached hydrogen (secondary N) is 1. The number of oxazole rings is 1. The number of para-hydroxylation sites is 2. The molecule has 0 aliphatic heterocycles. The van der Waals surface area contributed by atoms with E-state index in [1.54, 1.807) is 35.2 Å². The highest BCUT2D eigenvalue weighted by Crippen LogP contribution is 2.29. The van der Waals surface area contributed by atoms with Crippen molar-refractivity contribution in [3.8, 4) is 5.75 Å². The van der Waals surface area contributed by atoms with Crippen LogP contribution in [0.4, 0.5) is 5.69 Å². The van der Waals surface area contributed by atoms with Crippen LogP contribution in [0.15, 0.2) is 69.2 Å². The van der Waals surface area contributed by atoms with Crippen LogP contribution >= 0.6 is 11.8 Å². The maximum atomic E-state index is 12.8. The van der Waals surface area contributed by atoms with Gasteiger partial charge < -0.3 is 14.1 Å². The second-order valence-electron chi connectivity index (χ2n) is 7.07. The predicted octanol–water partition coefficient (Wildman–Crippen LogP) is 4.15. The van der Waals surface area contributed by atoms with Crippen molar-refractivity contribution in [2.24, 2.45) is 0 Å². The average Bonchev–Trinajstić information content (AvgIpc) is 3.18. The van der Waals surface area contributed by atoms with Crippen LogP contribution < -0.4 is 9.46 Å². The van der Waals surface area contributed by atoms with Crippen molar-refractivity contribution in [2.45, 2.75) is 24.0 Å². The van der Waals surface area contributed by atoms with Crippen molar-refractivity contribution >= 4 is 44.5 Å². The number of anilines is 1. The zero-order chi connectivity index (χ0) is 23.3. The molecule has 170 valence electrons. The zero-order valence-electron chi connectivity index (χ0n) is 18.1. The van der Waals surface area contributed by atoms with Crippen LogP contribution in [-0.4, -0.2) is 50.2 Å². The highest BCUT2D eigenvalue weighted by atomic mass is 32.2. The van der Waals surface area contributed by atoms with Gasteiger partial charge in [0.25, 0.3) is 15.2 Å². The molecule has 1 N–H and O–H groups in total. The summed E-state index contributed by atoms with van der Waals surface area (Å²) in [5, 5.41) is 0.298. The van der Waals surface area contributed by atoms with Crippen LogP contribution in [0.25, 0.3) is 11.1 Å². The van der Waals surface area contributed by atoms with Crippen LogP contribution in [0, 0.1) is 0 Å². The fraction of sp³-hybridized carbons (Fsp3) is 0.273. The lowest BCUT2D eigenvalue weighted by Gasteiger charge is -2.20. The van der Waals surface area contributed by atoms with Gasteiger partial charge in [-0.05, 0) is 44.2 Å². The average molecular weight is 476 g/mol. The molecule has 0 saturated carbocycles. The largest absolute Gasteiger partial charge is 0.495 e. The van der Waals surface area contributed by atoms with Crippen LogP contribution in [0.3, 0.4) is 0 Å². The fourth-order valence-electron chi connectivity index (χ4n) is 2.96. The smallest absolute Gasteiger partial charge is 0.262 e. The van der Waals surface area contributed by atoms with Crippen molar-refractivity contribution in [1.29, 1.82) is 0 Å². The second-order valence-corrected chi connectivity index (χ2v) is 9.68. The van der Waals surface area contributed by atoms with Gasteiger partial charge in [0, 0.05) is 13.1 Å². The molecule has 0 bridgehead atoms. The number of amides is 1. The van der Waals surface area contributed by atoms with Crippen molar-refractivity contribution in [1.82, 2.24) is 9.88 Å². The van der Waals surface area contributed by atoms with Crippen LogP contribution in [-0.2, 0) is 14.8 Å². The van der Waals surface area contributed by atoms with E-state index in [0.29, 0.717) is 40.8 Å². The molecule has 0 spiro atoms. The number of rotatable bonds is 10. The maximum Gasteiger partial charge on any atom is 0.262 e. The number of nitrogens with zero attached hydrogens (tertiary/aromatic N) is 2. The minimum atomic E-state index is -3.87. The van der Waals surface area contributed by atoms with E-state index in [1.165, 1.54) is 31.0 Å². The van der Waals surface area contributed by atoms with E-state index >= 15 is 0 Å². The molecule has 0 aliphatic carbocycles. The van der Waals surface area contributed by atoms with Gasteiger partial charge in [0.15, 0.2) is 5.58 Å². The molecule has 0 atom stereocenters. The van der Waals surface area contributed by atoms with Crippen molar-refractivity contribution in [2.75, 3.05) is 30.7 Å². The van der Waals surface area contributed by atoms with E-state index in [4.69, 9.17) is 9.15 Å². The number of aromatic nitrogens is 1. The number of hydrogen-bond acceptors (Lipinski definition) is 7. The molecule has 3 aromatic rings. The number of fused-ring (bicyclic) bond motifs is 1. The van der Waals surface area contributed by atoms with E-state index in [1.807, 2.05) is 13.8 Å². The first-order valence-electron chi connectivity index (χ1n) is 9.85. The monoisotopic (exact) mass is 475 g/mol. The number of carbonyl (C=O) groups is 1. The Balaban J connectivity index is 1.75. The Morgan fingerprint density at radius 2 is 2.03 bits per heavy atom. The summed E-state index contributed by atoms with van der Waals surface area (Å²) in [6.45, 7) is 8.71. The predicted molar refractivity (Wildman–Crippen MR) is 126 cm³/mol. The molecular formula is C22H25N3O5S2. The topological polar surface area (TPSA) is 102 Å². The summed E-state index contributed by atoms with van der Waals surface area (Å²) in [5.41, 5.74) is 2.06. The van der Waals surface area contributed by atoms with E-state index in [-0.39, 0.29) is 16.6 Å². The number of sulfonamides is 1. The number of ether oxygens (including phenoxy) is 1. The molecule has 8 nitrogen and oxygen atoms in total. The number of benzene rings is 2. The standard InChI is InChI=1S/C22H25N3O5S2/c1-5-25(13-15(2)3)21(26)14-31-22-23-18-12-16(10-11-20(18)30-22)32(27,28)24-17-8-6-7-9-19(17)29-4/h6-12,24H,2,5,13-14H2,1,3-4H3. The van der Waals surface area contributed by atoms with Gasteiger partial charge in [-0.2, -0.15) is 0 Å². The minimum Gasteiger partial charge on any atom is -0.495 e. The first kappa shape index (κ1) is 23.7. The zero-order valence-corrected chi connectivity index (χ0v) is 19.8. The summed E-state index contributed by atoms with van der Waals surface area (Å²) < 4.78 is 39.1. The third-order valence-corrected chi connectivity index (χ3v) is 6.69. The molecule has 1 amide bonds. The summed E-state index contributed by atoms with van der Waals surface area (Å²) in [7, 11) is -2.40. The van der Waals surface area contributed by atoms with Crippen molar-refractivity contribution < 1.29 is 22.4 Å². The normalized spacial score (nSPS) is 11.3. The van der Waals surface area contributed by atoms with E-state index < -0.39 is 10.0 Å². The second kappa shape index (κ2) is 10.1. The van der Waals surface area contributed by atoms with Crippen LogP contribution in [0.2, 0.25) is 0 Å². The van der Waals surface area contributed by atoms with E-state index in [2.05, 4.69) is 16.3 Å². The molecule has 0 unspecified atom stereocenters. The van der Waals surface area contributed by atoms with E-state index in [0.717, 1.165) is 5.57 Å². The summed E-state index contributed by atoms with van der Waals surface area (Å²) in [4.78, 5) is 18.5. The first-order chi connectivity index (χ1) is 15.2. The Labute approximate surface area is 191 Å². The Bertz CT molecular complexity index is 1240. The molecule has 0 fully saturated rings. The molecule has 0 radical (unpaired) electrons. The summed E-state index contributed by atoms with van der Waals surface area (Å²) in [5.74, 6) is 0.524. The molecule has 3 rings (SSSR count). The third kappa shape index (κ3) is 5.63. The lowest BCUT2D eigenvalue weighted by Crippen LogP contribution is -2.33. The quantitative estimate of drug-likeness (QED) is 0.347. The van der Waals surface area contributed by atoms with Gasteiger partial charge in [-0.1, -0.05) is 36.0 Å². The Kier molecular flexibility index (Phi) is 7.47. The third-order valence-electron chi connectivity index (χ3n) is 4.52. The Morgan fingerprint density at radius 3 is 2.72 bits per heavy atom. The summed E-state index contributed by atoms with van der Waals surface area (Å²) in [6, 6.07) is 11.2. The minimum absolute atomic E-state index is 0.0375. The summed E-state index contributed by atoms with van der Waals surface area (Å²) in [6.07, 6.45) is 0. The fourth-order valence-corrected chi connectivity index (χ4v) is 4.80. The maximum absolute atomic E-state index is 12.8. The van der Waals surface area contributed by atoms with Gasteiger partial charge in [0.05, 0.1) is 23.4 Å². The van der Waals surface area contributed by atoms with Crippen LogP contribution in [0.5, 0.6) is 5.75 Å². The Hall–Kier alpha value is -2.98. The first-order valence-corrected chi connectivity index (χ1v) is 12.3. The molecule has 2 aromatic carbocycles. The number of thioether (sulfide) groups is 1. The Morgan fingerprint density at radius 1 is 1.28 bits per heavy atom. The molecule has 1 heterocycles. The highest BCUT2D eigenvalue weighted by molar-refractivity contribution is 7.99. The molecule has 1 aromatic heterocycles.